The van der Waals surface area contributed by atoms with Gasteiger partial charge in [-0.1, -0.05) is 0 Å². The van der Waals surface area contributed by atoms with Gasteiger partial charge in [0.05, 0.1) is 13.3 Å². The molecule has 0 fully saturated rings. The van der Waals surface area contributed by atoms with E-state index in [0.29, 0.717) is 5.88 Å². The van der Waals surface area contributed by atoms with E-state index in [1.807, 2.05) is 0 Å². The lowest BCUT2D eigenvalue weighted by molar-refractivity contribution is -0.108. The molecule has 0 saturated carbocycles. The summed E-state index contributed by atoms with van der Waals surface area (Å²) in [6.45, 7) is 1.39. The fourth-order valence-electron chi connectivity index (χ4n) is 0.391. The quantitative estimate of drug-likeness (QED) is 0.663. The summed E-state index contributed by atoms with van der Waals surface area (Å²) >= 11 is 3.33. The zero-order valence-electron chi connectivity index (χ0n) is 6.89. The van der Waals surface area contributed by atoms with Gasteiger partial charge >= 0.3 is 0 Å². The lowest BCUT2D eigenvalue weighted by Crippen LogP contribution is -1.85. The zero-order chi connectivity index (χ0) is 9.40. The van der Waals surface area contributed by atoms with E-state index in [2.05, 4.69) is 22.6 Å². The van der Waals surface area contributed by atoms with Gasteiger partial charge < -0.3 is 4.74 Å². The van der Waals surface area contributed by atoms with Gasteiger partial charge in [0, 0.05) is 19.3 Å². The summed E-state index contributed by atoms with van der Waals surface area (Å²) in [6.07, 6.45) is 4.74. The average Bonchev–Trinajstić information content (AvgIpc) is 2.05. The van der Waals surface area contributed by atoms with Crippen LogP contribution in [0.1, 0.15) is 6.92 Å². The minimum absolute atomic E-state index is 0.139. The van der Waals surface area contributed by atoms with Crippen molar-refractivity contribution in [1.29, 1.82) is 0 Å². The lowest BCUT2D eigenvalue weighted by Gasteiger charge is -1.91. The van der Waals surface area contributed by atoms with Gasteiger partial charge in [-0.3, -0.25) is 9.78 Å². The number of hydrogen-bond acceptors (Lipinski definition) is 4. The van der Waals surface area contributed by atoms with Crippen molar-refractivity contribution in [3.05, 3.63) is 18.6 Å². The summed E-state index contributed by atoms with van der Waals surface area (Å²) < 4.78 is 4.74. The van der Waals surface area contributed by atoms with Crippen LogP contribution < -0.4 is 4.74 Å². The molecule has 1 aromatic rings. The van der Waals surface area contributed by atoms with E-state index in [0.717, 1.165) is 0 Å². The number of ether oxygens (including phenoxy) is 1. The molecule has 5 heteroatoms. The van der Waals surface area contributed by atoms with Gasteiger partial charge in [0.15, 0.2) is 5.12 Å². The van der Waals surface area contributed by atoms with E-state index < -0.39 is 0 Å². The second-order valence-corrected chi connectivity index (χ2v) is 2.40. The number of carbonyl (C=O) groups is 1. The Labute approximate surface area is 76.4 Å². The van der Waals surface area contributed by atoms with Crippen LogP contribution >= 0.6 is 12.6 Å². The third-order valence-corrected chi connectivity index (χ3v) is 0.749. The van der Waals surface area contributed by atoms with Crippen LogP contribution in [0.25, 0.3) is 0 Å². The Morgan fingerprint density at radius 3 is 2.42 bits per heavy atom. The molecule has 1 rings (SSSR count). The van der Waals surface area contributed by atoms with Crippen LogP contribution in [0.2, 0.25) is 0 Å². The molecular formula is C7H10N2O2S. The first kappa shape index (κ1) is 10.9. The van der Waals surface area contributed by atoms with Gasteiger partial charge in [0.2, 0.25) is 5.88 Å². The van der Waals surface area contributed by atoms with Crippen molar-refractivity contribution in [3.63, 3.8) is 0 Å². The molecule has 66 valence electrons. The van der Waals surface area contributed by atoms with Crippen molar-refractivity contribution in [2.24, 2.45) is 0 Å². The second-order valence-electron chi connectivity index (χ2n) is 1.77. The third-order valence-electron chi connectivity index (χ3n) is 0.749. The molecule has 0 aliphatic carbocycles. The molecule has 0 spiro atoms. The Bertz CT molecular complexity index is 224. The fourth-order valence-corrected chi connectivity index (χ4v) is 0.391. The predicted octanol–water partition coefficient (Wildman–Crippen LogP) is 0.948. The molecule has 4 nitrogen and oxygen atoms in total. The summed E-state index contributed by atoms with van der Waals surface area (Å²) in [6, 6.07) is 0. The lowest BCUT2D eigenvalue weighted by atomic mass is 10.7. The molecule has 1 heterocycles. The van der Waals surface area contributed by atoms with Gasteiger partial charge in [0.1, 0.15) is 0 Å². The molecular weight excluding hydrogens is 176 g/mol. The summed E-state index contributed by atoms with van der Waals surface area (Å²) in [7, 11) is 1.56. The number of nitrogens with zero attached hydrogens (tertiary/aromatic N) is 2. The summed E-state index contributed by atoms with van der Waals surface area (Å²) in [5, 5.41) is -0.139. The van der Waals surface area contributed by atoms with Crippen LogP contribution in [0, 0.1) is 0 Å². The first-order chi connectivity index (χ1) is 5.66. The zero-order valence-corrected chi connectivity index (χ0v) is 7.78. The number of methoxy groups -OCH3 is 1. The van der Waals surface area contributed by atoms with E-state index in [1.165, 1.54) is 6.92 Å². The van der Waals surface area contributed by atoms with E-state index in [-0.39, 0.29) is 5.12 Å². The summed E-state index contributed by atoms with van der Waals surface area (Å²) in [4.78, 5) is 16.9. The predicted molar refractivity (Wildman–Crippen MR) is 48.3 cm³/mol. The highest BCUT2D eigenvalue weighted by Gasteiger charge is 1.83. The van der Waals surface area contributed by atoms with Crippen LogP contribution in [-0.2, 0) is 4.79 Å². The maximum Gasteiger partial charge on any atom is 0.231 e. The monoisotopic (exact) mass is 186 g/mol. The minimum Gasteiger partial charge on any atom is -0.480 e. The molecule has 12 heavy (non-hydrogen) atoms. The number of carbonyl (C=O) groups excluding carboxylic acids is 1. The van der Waals surface area contributed by atoms with Crippen LogP contribution in [-0.4, -0.2) is 22.2 Å². The Kier molecular flexibility index (Phi) is 6.00. The molecule has 1 aromatic heterocycles. The molecule has 0 unspecified atom stereocenters. The second kappa shape index (κ2) is 6.60. The Morgan fingerprint density at radius 2 is 2.17 bits per heavy atom. The van der Waals surface area contributed by atoms with Gasteiger partial charge in [-0.25, -0.2) is 4.98 Å². The highest BCUT2D eigenvalue weighted by atomic mass is 32.1. The minimum atomic E-state index is -0.139. The van der Waals surface area contributed by atoms with E-state index in [4.69, 9.17) is 4.74 Å². The van der Waals surface area contributed by atoms with Crippen LogP contribution in [0.15, 0.2) is 18.6 Å². The smallest absolute Gasteiger partial charge is 0.231 e. The highest BCUT2D eigenvalue weighted by molar-refractivity contribution is 7.96. The highest BCUT2D eigenvalue weighted by Crippen LogP contribution is 1.96. The third kappa shape index (κ3) is 7.01. The van der Waals surface area contributed by atoms with Crippen molar-refractivity contribution in [3.8, 4) is 5.88 Å². The van der Waals surface area contributed by atoms with Crippen molar-refractivity contribution in [2.75, 3.05) is 7.11 Å². The van der Waals surface area contributed by atoms with Gasteiger partial charge in [-0.2, -0.15) is 0 Å². The van der Waals surface area contributed by atoms with Gasteiger partial charge in [-0.05, 0) is 0 Å². The van der Waals surface area contributed by atoms with Crippen molar-refractivity contribution < 1.29 is 9.53 Å². The normalized spacial score (nSPS) is 7.92. The van der Waals surface area contributed by atoms with Crippen molar-refractivity contribution >= 4 is 17.7 Å². The van der Waals surface area contributed by atoms with E-state index in [1.54, 1.807) is 25.7 Å². The molecule has 0 aromatic carbocycles. The number of aromatic nitrogens is 2. The largest absolute Gasteiger partial charge is 0.480 e. The first-order valence-electron chi connectivity index (χ1n) is 3.16. The number of thiol groups is 1. The van der Waals surface area contributed by atoms with Gasteiger partial charge in [0.25, 0.3) is 0 Å². The fraction of sp³-hybridized carbons (Fsp3) is 0.286. The van der Waals surface area contributed by atoms with Crippen LogP contribution in [0.4, 0.5) is 0 Å². The van der Waals surface area contributed by atoms with Crippen molar-refractivity contribution in [2.45, 2.75) is 6.92 Å². The molecule has 0 atom stereocenters. The van der Waals surface area contributed by atoms with Crippen molar-refractivity contribution in [1.82, 2.24) is 9.97 Å². The molecule has 0 amide bonds. The maximum absolute atomic E-state index is 9.31. The first-order valence-corrected chi connectivity index (χ1v) is 3.61. The molecule has 0 radical (unpaired) electrons. The van der Waals surface area contributed by atoms with E-state index in [9.17, 15) is 4.79 Å². The summed E-state index contributed by atoms with van der Waals surface area (Å²) in [5.74, 6) is 0.549. The molecule has 0 bridgehead atoms. The Hall–Kier alpha value is -1.10. The molecule has 0 aliphatic rings. The van der Waals surface area contributed by atoms with Crippen LogP contribution in [0.3, 0.4) is 0 Å². The SMILES string of the molecule is CC(=O)S.COc1cnccn1. The molecule has 0 N–H and O–H groups in total. The van der Waals surface area contributed by atoms with Crippen LogP contribution in [0.5, 0.6) is 5.88 Å². The molecule has 0 aliphatic heterocycles. The Balaban J connectivity index is 0.000000261. The Morgan fingerprint density at radius 1 is 1.58 bits per heavy atom. The topological polar surface area (TPSA) is 52.1 Å². The molecule has 0 saturated heterocycles. The van der Waals surface area contributed by atoms with E-state index >= 15 is 0 Å². The number of rotatable bonds is 1. The van der Waals surface area contributed by atoms with Gasteiger partial charge in [-0.15, -0.1) is 12.6 Å². The summed E-state index contributed by atoms with van der Waals surface area (Å²) in [5.41, 5.74) is 0. The standard InChI is InChI=1S/C5H6N2O.C2H4OS/c1-8-5-4-6-2-3-7-5;1-2(3)4/h2-4H,1H3;1H3,(H,3,4). The maximum atomic E-state index is 9.31. The average molecular weight is 186 g/mol. The number of hydrogen-bond donors (Lipinski definition) is 1.